The molecule has 0 heterocycles. The Morgan fingerprint density at radius 1 is 1.29 bits per heavy atom. The third-order valence-electron chi connectivity index (χ3n) is 5.91. The molecule has 3 fully saturated rings. The predicted molar refractivity (Wildman–Crippen MR) is 74.1 cm³/mol. The van der Waals surface area contributed by atoms with Crippen LogP contribution in [-0.2, 0) is 14.3 Å². The third-order valence-corrected chi connectivity index (χ3v) is 5.91. The van der Waals surface area contributed by atoms with E-state index in [9.17, 15) is 19.8 Å². The highest BCUT2D eigenvalue weighted by molar-refractivity contribution is 5.87. The minimum absolute atomic E-state index is 0.00801. The first-order valence-corrected chi connectivity index (χ1v) is 8.07. The molecule has 0 aromatic rings. The highest BCUT2D eigenvalue weighted by Gasteiger charge is 2.58. The van der Waals surface area contributed by atoms with Gasteiger partial charge in [-0.25, -0.2) is 0 Å². The highest BCUT2D eigenvalue weighted by Crippen LogP contribution is 2.55. The van der Waals surface area contributed by atoms with Gasteiger partial charge in [-0.15, -0.1) is 0 Å². The van der Waals surface area contributed by atoms with E-state index in [4.69, 9.17) is 4.74 Å². The summed E-state index contributed by atoms with van der Waals surface area (Å²) in [6, 6.07) is 0. The molecule has 4 bridgehead atoms. The maximum Gasteiger partial charge on any atom is 0.308 e. The zero-order valence-electron chi connectivity index (χ0n) is 12.4. The Balaban J connectivity index is 1.86. The lowest BCUT2D eigenvalue weighted by Gasteiger charge is -2.38. The van der Waals surface area contributed by atoms with Crippen molar-refractivity contribution in [2.45, 2.75) is 38.7 Å². The summed E-state index contributed by atoms with van der Waals surface area (Å²) < 4.78 is 5.13. The van der Waals surface area contributed by atoms with E-state index >= 15 is 0 Å². The fourth-order valence-electron chi connectivity index (χ4n) is 5.05. The Morgan fingerprint density at radius 2 is 2.05 bits per heavy atom. The second-order valence-corrected chi connectivity index (χ2v) is 6.77. The average molecular weight is 296 g/mol. The maximum absolute atomic E-state index is 12.7. The number of fused-ring (bicyclic) bond motifs is 6. The lowest BCUT2D eigenvalue weighted by atomic mass is 9.65. The van der Waals surface area contributed by atoms with E-state index in [1.807, 2.05) is 0 Å². The summed E-state index contributed by atoms with van der Waals surface area (Å²) in [6.45, 7) is 2.18. The van der Waals surface area contributed by atoms with Gasteiger partial charge in [0.05, 0.1) is 18.6 Å². The first-order valence-electron chi connectivity index (χ1n) is 8.07. The van der Waals surface area contributed by atoms with Crippen LogP contribution in [0.15, 0.2) is 0 Å². The van der Waals surface area contributed by atoms with Crippen LogP contribution in [-0.4, -0.2) is 41.3 Å². The van der Waals surface area contributed by atoms with Gasteiger partial charge in [-0.1, -0.05) is 0 Å². The Bertz CT molecular complexity index is 434. The molecule has 0 aromatic carbocycles. The predicted octanol–water partition coefficient (Wildman–Crippen LogP) is 0.770. The Morgan fingerprint density at radius 3 is 2.71 bits per heavy atom. The van der Waals surface area contributed by atoms with Crippen molar-refractivity contribution in [3.63, 3.8) is 0 Å². The number of carbonyl (C=O) groups is 2. The van der Waals surface area contributed by atoms with Crippen LogP contribution in [0.5, 0.6) is 0 Å². The molecule has 0 aromatic heterocycles. The molecule has 0 saturated heterocycles. The van der Waals surface area contributed by atoms with Crippen LogP contribution >= 0.6 is 0 Å². The van der Waals surface area contributed by atoms with Crippen molar-refractivity contribution in [2.24, 2.45) is 35.5 Å². The van der Waals surface area contributed by atoms with E-state index in [0.717, 1.165) is 0 Å². The normalized spacial score (nSPS) is 45.3. The third kappa shape index (κ3) is 2.30. The average Bonchev–Trinajstić information content (AvgIpc) is 2.67. The second-order valence-electron chi connectivity index (χ2n) is 6.77. The van der Waals surface area contributed by atoms with Gasteiger partial charge in [0.25, 0.3) is 0 Å². The van der Waals surface area contributed by atoms with Gasteiger partial charge in [-0.2, -0.15) is 0 Å². The minimum atomic E-state index is -0.481. The van der Waals surface area contributed by atoms with Crippen molar-refractivity contribution in [3.05, 3.63) is 0 Å². The van der Waals surface area contributed by atoms with Gasteiger partial charge in [-0.3, -0.25) is 9.59 Å². The molecule has 5 nitrogen and oxygen atoms in total. The number of hydrogen-bond donors (Lipinski definition) is 2. The maximum atomic E-state index is 12.7. The van der Waals surface area contributed by atoms with Crippen molar-refractivity contribution in [3.8, 4) is 0 Å². The number of Topliss-reactive ketones (excluding diaryl/α,β-unsaturated/α-hetero) is 1. The summed E-state index contributed by atoms with van der Waals surface area (Å²) in [4.78, 5) is 24.7. The molecule has 7 atom stereocenters. The molecule has 3 rings (SSSR count). The quantitative estimate of drug-likeness (QED) is 0.752. The van der Waals surface area contributed by atoms with Crippen molar-refractivity contribution < 1.29 is 24.5 Å². The largest absolute Gasteiger partial charge is 0.466 e. The molecule has 0 amide bonds. The molecular weight excluding hydrogens is 272 g/mol. The molecule has 3 saturated carbocycles. The minimum Gasteiger partial charge on any atom is -0.466 e. The molecule has 0 spiro atoms. The van der Waals surface area contributed by atoms with Crippen molar-refractivity contribution in [1.29, 1.82) is 0 Å². The first kappa shape index (κ1) is 15.0. The number of aliphatic hydroxyl groups is 2. The zero-order valence-corrected chi connectivity index (χ0v) is 12.4. The number of ketones is 1. The fraction of sp³-hybridized carbons (Fsp3) is 0.875. The molecule has 1 unspecified atom stereocenters. The van der Waals surface area contributed by atoms with Gasteiger partial charge >= 0.3 is 5.97 Å². The van der Waals surface area contributed by atoms with Gasteiger partial charge in [0.2, 0.25) is 0 Å². The summed E-state index contributed by atoms with van der Waals surface area (Å²) >= 11 is 0. The van der Waals surface area contributed by atoms with Gasteiger partial charge in [0, 0.05) is 18.4 Å². The molecule has 0 aliphatic heterocycles. The van der Waals surface area contributed by atoms with Crippen LogP contribution in [0, 0.1) is 35.5 Å². The Labute approximate surface area is 124 Å². The standard InChI is InChI=1S/C16H24O5/c1-2-21-16(20)8-3-4-9-14-12(7-17)10(6-13(14)18)11(5-8)15(9)19/h8-14,17-18H,2-7H2,1H3/t8-,9+,10-,11-,12?,13-,14+/m1/s1. The fourth-order valence-corrected chi connectivity index (χ4v) is 5.05. The van der Waals surface area contributed by atoms with E-state index in [2.05, 4.69) is 0 Å². The van der Waals surface area contributed by atoms with Crippen molar-refractivity contribution in [1.82, 2.24) is 0 Å². The molecular formula is C16H24O5. The van der Waals surface area contributed by atoms with Crippen LogP contribution in [0.2, 0.25) is 0 Å². The molecule has 3 aliphatic rings. The molecule has 2 N–H and O–H groups in total. The van der Waals surface area contributed by atoms with E-state index < -0.39 is 6.10 Å². The van der Waals surface area contributed by atoms with Crippen LogP contribution < -0.4 is 0 Å². The SMILES string of the molecule is CCOC(=O)[C@@H]1CC[C@@H]2C(=O)[C@H](C1)[C@H]1C[C@@H](O)[C@@H]2C1CO. The molecule has 118 valence electrons. The topological polar surface area (TPSA) is 83.8 Å². The first-order chi connectivity index (χ1) is 10.1. The summed E-state index contributed by atoms with van der Waals surface area (Å²) in [5, 5.41) is 19.9. The van der Waals surface area contributed by atoms with E-state index in [1.54, 1.807) is 6.92 Å². The van der Waals surface area contributed by atoms with E-state index in [-0.39, 0.29) is 53.9 Å². The monoisotopic (exact) mass is 296 g/mol. The van der Waals surface area contributed by atoms with E-state index in [1.165, 1.54) is 0 Å². The Hall–Kier alpha value is -0.940. The smallest absolute Gasteiger partial charge is 0.308 e. The van der Waals surface area contributed by atoms with Gasteiger partial charge in [0.15, 0.2) is 0 Å². The highest BCUT2D eigenvalue weighted by atomic mass is 16.5. The summed E-state index contributed by atoms with van der Waals surface area (Å²) in [7, 11) is 0. The summed E-state index contributed by atoms with van der Waals surface area (Å²) in [5.41, 5.74) is 0. The lowest BCUT2D eigenvalue weighted by Crippen LogP contribution is -2.44. The van der Waals surface area contributed by atoms with Crippen LogP contribution in [0.3, 0.4) is 0 Å². The van der Waals surface area contributed by atoms with Crippen LogP contribution in [0.1, 0.15) is 32.6 Å². The van der Waals surface area contributed by atoms with Gasteiger partial charge in [-0.05, 0) is 50.4 Å². The number of esters is 1. The number of rotatable bonds is 3. The van der Waals surface area contributed by atoms with Gasteiger partial charge in [0.1, 0.15) is 5.78 Å². The van der Waals surface area contributed by atoms with Crippen LogP contribution in [0.4, 0.5) is 0 Å². The van der Waals surface area contributed by atoms with Crippen molar-refractivity contribution in [2.75, 3.05) is 13.2 Å². The number of carbonyl (C=O) groups excluding carboxylic acids is 2. The van der Waals surface area contributed by atoms with E-state index in [0.29, 0.717) is 32.3 Å². The molecule has 5 heteroatoms. The molecule has 21 heavy (non-hydrogen) atoms. The summed E-state index contributed by atoms with van der Waals surface area (Å²) in [6.07, 6.45) is 1.90. The second kappa shape index (κ2) is 5.69. The van der Waals surface area contributed by atoms with Crippen LogP contribution in [0.25, 0.3) is 0 Å². The lowest BCUT2D eigenvalue weighted by molar-refractivity contribution is -0.149. The number of aliphatic hydroxyl groups excluding tert-OH is 2. The Kier molecular flexibility index (Phi) is 4.06. The zero-order chi connectivity index (χ0) is 15.1. The number of hydrogen-bond acceptors (Lipinski definition) is 5. The molecule has 0 radical (unpaired) electrons. The number of ether oxygens (including phenoxy) is 1. The summed E-state index contributed by atoms with van der Waals surface area (Å²) in [5.74, 6) is -0.683. The van der Waals surface area contributed by atoms with Crippen molar-refractivity contribution >= 4 is 11.8 Å². The van der Waals surface area contributed by atoms with Gasteiger partial charge < -0.3 is 14.9 Å². The molecule has 3 aliphatic carbocycles.